The molecule has 0 heterocycles. The molecule has 0 radical (unpaired) electrons. The lowest BCUT2D eigenvalue weighted by Gasteiger charge is -2.08. The van der Waals surface area contributed by atoms with E-state index in [2.05, 4.69) is 15.9 Å². The lowest BCUT2D eigenvalue weighted by molar-refractivity contribution is -0.385. The second kappa shape index (κ2) is 6.57. The zero-order chi connectivity index (χ0) is 13.0. The highest BCUT2D eigenvalue weighted by atomic mass is 79.9. The minimum atomic E-state index is -0.338. The molecule has 0 atom stereocenters. The molecule has 0 unspecified atom stereocenters. The Morgan fingerprint density at radius 3 is 2.78 bits per heavy atom. The van der Waals surface area contributed by atoms with Crippen LogP contribution in [0.4, 0.5) is 5.69 Å². The zero-order valence-corrected chi connectivity index (χ0v) is 12.5. The van der Waals surface area contributed by atoms with Gasteiger partial charge >= 0.3 is 0 Å². The van der Waals surface area contributed by atoms with Crippen LogP contribution >= 0.6 is 27.7 Å². The van der Waals surface area contributed by atoms with Crippen LogP contribution in [0.25, 0.3) is 0 Å². The van der Waals surface area contributed by atoms with Gasteiger partial charge in [0.2, 0.25) is 0 Å². The summed E-state index contributed by atoms with van der Waals surface area (Å²) in [6, 6.07) is 5.40. The van der Waals surface area contributed by atoms with Gasteiger partial charge in [-0.1, -0.05) is 18.9 Å². The summed E-state index contributed by atoms with van der Waals surface area (Å²) in [5, 5.41) is 10.8. The van der Waals surface area contributed by atoms with E-state index in [1.54, 1.807) is 12.1 Å². The first kappa shape index (κ1) is 13.9. The van der Waals surface area contributed by atoms with Gasteiger partial charge in [0.05, 0.1) is 9.40 Å². The molecule has 0 N–H and O–H groups in total. The lowest BCUT2D eigenvalue weighted by atomic mass is 10.1. The topological polar surface area (TPSA) is 43.1 Å². The molecule has 1 saturated carbocycles. The molecule has 0 aliphatic heterocycles. The largest absolute Gasteiger partial charge is 0.283 e. The smallest absolute Gasteiger partial charge is 0.258 e. The van der Waals surface area contributed by atoms with Crippen molar-refractivity contribution in [3.05, 3.63) is 38.3 Å². The molecule has 0 saturated heterocycles. The van der Waals surface area contributed by atoms with Crippen LogP contribution in [0.3, 0.4) is 0 Å². The maximum absolute atomic E-state index is 10.8. The van der Waals surface area contributed by atoms with Gasteiger partial charge in [-0.05, 0) is 52.1 Å². The third-order valence-electron chi connectivity index (χ3n) is 3.30. The molecule has 0 amide bonds. The van der Waals surface area contributed by atoms with Gasteiger partial charge in [0.1, 0.15) is 0 Å². The fourth-order valence-corrected chi connectivity index (χ4v) is 3.90. The van der Waals surface area contributed by atoms with Gasteiger partial charge in [-0.25, -0.2) is 0 Å². The number of thioether (sulfide) groups is 1. The minimum Gasteiger partial charge on any atom is -0.258 e. The summed E-state index contributed by atoms with van der Waals surface area (Å²) in [7, 11) is 0. The number of halogens is 1. The third kappa shape index (κ3) is 3.72. The van der Waals surface area contributed by atoms with E-state index in [-0.39, 0.29) is 10.6 Å². The zero-order valence-electron chi connectivity index (χ0n) is 10.1. The average Bonchev–Trinajstić information content (AvgIpc) is 2.84. The van der Waals surface area contributed by atoms with Gasteiger partial charge < -0.3 is 0 Å². The van der Waals surface area contributed by atoms with Crippen LogP contribution < -0.4 is 0 Å². The van der Waals surface area contributed by atoms with Crippen molar-refractivity contribution in [3.63, 3.8) is 0 Å². The fraction of sp³-hybridized carbons (Fsp3) is 0.538. The molecule has 1 aromatic carbocycles. The molecule has 1 aromatic rings. The van der Waals surface area contributed by atoms with E-state index < -0.39 is 0 Å². The van der Waals surface area contributed by atoms with E-state index in [0.717, 1.165) is 17.2 Å². The summed E-state index contributed by atoms with van der Waals surface area (Å²) in [5.41, 5.74) is 1.20. The molecular weight excluding hydrogens is 314 g/mol. The first-order chi connectivity index (χ1) is 8.66. The Bertz CT molecular complexity index is 433. The van der Waals surface area contributed by atoms with E-state index in [0.29, 0.717) is 4.47 Å². The Morgan fingerprint density at radius 1 is 1.39 bits per heavy atom. The van der Waals surface area contributed by atoms with Crippen molar-refractivity contribution in [2.24, 2.45) is 5.92 Å². The van der Waals surface area contributed by atoms with Gasteiger partial charge in [-0.3, -0.25) is 10.1 Å². The number of nitro benzene ring substituents is 1. The van der Waals surface area contributed by atoms with Crippen LogP contribution in [-0.2, 0) is 5.75 Å². The molecule has 1 aliphatic carbocycles. The van der Waals surface area contributed by atoms with Gasteiger partial charge in [0.25, 0.3) is 5.69 Å². The van der Waals surface area contributed by atoms with Crippen molar-refractivity contribution in [2.75, 3.05) is 5.75 Å². The first-order valence-corrected chi connectivity index (χ1v) is 8.12. The summed E-state index contributed by atoms with van der Waals surface area (Å²) in [5.74, 6) is 2.91. The Kier molecular flexibility index (Phi) is 5.06. The highest BCUT2D eigenvalue weighted by Crippen LogP contribution is 2.31. The normalized spacial score (nSPS) is 16.1. The molecule has 0 aromatic heterocycles. The Hall–Kier alpha value is -0.550. The van der Waals surface area contributed by atoms with Gasteiger partial charge in [0.15, 0.2) is 0 Å². The van der Waals surface area contributed by atoms with Crippen LogP contribution in [0.2, 0.25) is 0 Å². The van der Waals surface area contributed by atoms with Crippen molar-refractivity contribution >= 4 is 33.4 Å². The summed E-state index contributed by atoms with van der Waals surface area (Å²) in [4.78, 5) is 10.5. The number of nitrogens with zero attached hydrogens (tertiary/aromatic N) is 1. The predicted octanol–water partition coefficient (Wildman–Crippen LogP) is 4.78. The van der Waals surface area contributed by atoms with Crippen molar-refractivity contribution in [2.45, 2.75) is 31.4 Å². The van der Waals surface area contributed by atoms with Crippen LogP contribution in [0, 0.1) is 16.0 Å². The standard InChI is InChI=1S/C13H16BrNO2S/c14-12-6-5-11(7-13(12)15(16)17)9-18-8-10-3-1-2-4-10/h5-7,10H,1-4,8-9H2. The number of hydrogen-bond donors (Lipinski definition) is 0. The Labute approximate surface area is 120 Å². The Balaban J connectivity index is 1.88. The van der Waals surface area contributed by atoms with Gasteiger partial charge in [-0.15, -0.1) is 0 Å². The van der Waals surface area contributed by atoms with Crippen molar-refractivity contribution in [1.82, 2.24) is 0 Å². The Morgan fingerprint density at radius 2 is 2.11 bits per heavy atom. The van der Waals surface area contributed by atoms with E-state index >= 15 is 0 Å². The van der Waals surface area contributed by atoms with E-state index in [4.69, 9.17) is 0 Å². The second-order valence-corrected chi connectivity index (χ2v) is 6.59. The summed E-state index contributed by atoms with van der Waals surface area (Å²) in [6.45, 7) is 0. The van der Waals surface area contributed by atoms with Crippen LogP contribution in [0.1, 0.15) is 31.2 Å². The van der Waals surface area contributed by atoms with Crippen molar-refractivity contribution in [3.8, 4) is 0 Å². The molecule has 98 valence electrons. The number of benzene rings is 1. The van der Waals surface area contributed by atoms with Crippen molar-refractivity contribution in [1.29, 1.82) is 0 Å². The monoisotopic (exact) mass is 329 g/mol. The maximum Gasteiger partial charge on any atom is 0.283 e. The molecule has 0 bridgehead atoms. The number of rotatable bonds is 5. The first-order valence-electron chi connectivity index (χ1n) is 6.17. The number of nitro groups is 1. The van der Waals surface area contributed by atoms with E-state index in [9.17, 15) is 10.1 Å². The quantitative estimate of drug-likeness (QED) is 0.576. The molecule has 5 heteroatoms. The maximum atomic E-state index is 10.8. The molecule has 0 spiro atoms. The van der Waals surface area contributed by atoms with Crippen LogP contribution in [0.5, 0.6) is 0 Å². The van der Waals surface area contributed by atoms with Crippen LogP contribution in [0.15, 0.2) is 22.7 Å². The van der Waals surface area contributed by atoms with Gasteiger partial charge in [-0.2, -0.15) is 11.8 Å². The lowest BCUT2D eigenvalue weighted by Crippen LogP contribution is -1.97. The van der Waals surface area contributed by atoms with Crippen molar-refractivity contribution < 1.29 is 4.92 Å². The summed E-state index contributed by atoms with van der Waals surface area (Å²) < 4.78 is 0.553. The fourth-order valence-electron chi connectivity index (χ4n) is 2.31. The SMILES string of the molecule is O=[N+]([O-])c1cc(CSCC2CCCC2)ccc1Br. The molecule has 1 fully saturated rings. The molecule has 3 nitrogen and oxygen atoms in total. The molecular formula is C13H16BrNO2S. The summed E-state index contributed by atoms with van der Waals surface area (Å²) in [6.07, 6.45) is 5.45. The van der Waals surface area contributed by atoms with Crippen LogP contribution in [-0.4, -0.2) is 10.7 Å². The molecule has 1 aliphatic rings. The molecule has 18 heavy (non-hydrogen) atoms. The molecule has 2 rings (SSSR count). The highest BCUT2D eigenvalue weighted by molar-refractivity contribution is 9.10. The third-order valence-corrected chi connectivity index (χ3v) is 5.22. The second-order valence-electron chi connectivity index (χ2n) is 4.71. The average molecular weight is 330 g/mol. The van der Waals surface area contributed by atoms with E-state index in [1.165, 1.54) is 31.4 Å². The predicted molar refractivity (Wildman–Crippen MR) is 78.9 cm³/mol. The highest BCUT2D eigenvalue weighted by Gasteiger charge is 2.15. The minimum absolute atomic E-state index is 0.161. The number of hydrogen-bond acceptors (Lipinski definition) is 3. The van der Waals surface area contributed by atoms with Gasteiger partial charge in [0, 0.05) is 11.8 Å². The summed E-state index contributed by atoms with van der Waals surface area (Å²) >= 11 is 5.10. The van der Waals surface area contributed by atoms with E-state index in [1.807, 2.05) is 17.8 Å².